The zero-order chi connectivity index (χ0) is 39.6. The highest BCUT2D eigenvalue weighted by molar-refractivity contribution is 6.39. The molecule has 4 rings (SSSR count). The second-order valence-electron chi connectivity index (χ2n) is 16.9. The molecule has 304 valence electrons. The molecule has 0 spiro atoms. The summed E-state index contributed by atoms with van der Waals surface area (Å²) in [5.41, 5.74) is 0.923. The fraction of sp³-hybridized carbons (Fsp3) is 0.767. The summed E-state index contributed by atoms with van der Waals surface area (Å²) in [5.74, 6) is -5.83. The first-order valence-corrected chi connectivity index (χ1v) is 20.5. The van der Waals surface area contributed by atoms with Gasteiger partial charge < -0.3 is 34.4 Å². The van der Waals surface area contributed by atoms with Crippen molar-refractivity contribution in [2.24, 2.45) is 29.6 Å². The molecule has 4 aliphatic rings. The zero-order valence-electron chi connectivity index (χ0n) is 33.5. The van der Waals surface area contributed by atoms with Gasteiger partial charge in [0, 0.05) is 44.8 Å². The molecule has 0 radical (unpaired) electrons. The average Bonchev–Trinajstić information content (AvgIpc) is 3.14. The van der Waals surface area contributed by atoms with Crippen molar-refractivity contribution in [1.29, 1.82) is 0 Å². The number of aliphatic hydroxyl groups excluding tert-OH is 2. The molecule has 3 fully saturated rings. The standard InChI is InChI=1S/C43H67NO10/c1-27-12-8-7-9-13-28(2)38(52-6)26-35-20-15-31(5)43(51,54-35)40(48)41(49)44-21-11-10-14-36(44)42(50)53-39(25-34(46)24-37(47)29(3)22-27)30(4)23-32-16-18-33(45)19-17-32/h7-9,12-13,27,29-36,38-39,45-46,51H,10-11,14-26H2,1-6H3/b9-7+,12-8+,28-13?/t27-,29-,30-,31-,32?,33?,34?,35+,36?,38+,39?,43?/m1/s1. The molecule has 2 bridgehead atoms. The number of hydrogen-bond acceptors (Lipinski definition) is 10. The predicted molar refractivity (Wildman–Crippen MR) is 205 cm³/mol. The molecule has 10 atom stereocenters. The first-order valence-electron chi connectivity index (χ1n) is 20.5. The Morgan fingerprint density at radius 3 is 2.33 bits per heavy atom. The first-order chi connectivity index (χ1) is 25.6. The van der Waals surface area contributed by atoms with Gasteiger partial charge in [0.2, 0.25) is 5.79 Å². The van der Waals surface area contributed by atoms with Crippen LogP contribution in [0.1, 0.15) is 125 Å². The molecular weight excluding hydrogens is 690 g/mol. The summed E-state index contributed by atoms with van der Waals surface area (Å²) >= 11 is 0. The summed E-state index contributed by atoms with van der Waals surface area (Å²) in [4.78, 5) is 56.6. The number of cyclic esters (lactones) is 1. The van der Waals surface area contributed by atoms with Gasteiger partial charge in [0.1, 0.15) is 17.9 Å². The fourth-order valence-corrected chi connectivity index (χ4v) is 8.78. The Balaban J connectivity index is 1.63. The van der Waals surface area contributed by atoms with Crippen LogP contribution in [0.15, 0.2) is 36.0 Å². The van der Waals surface area contributed by atoms with E-state index in [0.29, 0.717) is 63.7 Å². The number of ketones is 2. The summed E-state index contributed by atoms with van der Waals surface area (Å²) in [7, 11) is 1.60. The molecule has 3 aliphatic heterocycles. The van der Waals surface area contributed by atoms with Gasteiger partial charge in [0.05, 0.1) is 24.4 Å². The van der Waals surface area contributed by atoms with Gasteiger partial charge in [-0.2, -0.15) is 0 Å². The number of nitrogens with zero attached hydrogens (tertiary/aromatic N) is 1. The number of carbonyl (C=O) groups excluding carboxylic acids is 4. The monoisotopic (exact) mass is 757 g/mol. The number of ether oxygens (including phenoxy) is 3. The van der Waals surface area contributed by atoms with E-state index in [4.69, 9.17) is 14.2 Å². The molecule has 11 nitrogen and oxygen atoms in total. The Hall–Kier alpha value is -2.70. The van der Waals surface area contributed by atoms with E-state index in [0.717, 1.165) is 18.4 Å². The van der Waals surface area contributed by atoms with Crippen LogP contribution in [0.4, 0.5) is 0 Å². The van der Waals surface area contributed by atoms with Gasteiger partial charge in [-0.25, -0.2) is 4.79 Å². The van der Waals surface area contributed by atoms with Gasteiger partial charge in [-0.3, -0.25) is 14.4 Å². The van der Waals surface area contributed by atoms with Crippen molar-refractivity contribution in [2.45, 2.75) is 167 Å². The molecule has 0 aromatic carbocycles. The topological polar surface area (TPSA) is 160 Å². The minimum absolute atomic E-state index is 0.0580. The highest BCUT2D eigenvalue weighted by Crippen LogP contribution is 2.37. The lowest BCUT2D eigenvalue weighted by molar-refractivity contribution is -0.265. The van der Waals surface area contributed by atoms with Crippen LogP contribution in [0.3, 0.4) is 0 Å². The Morgan fingerprint density at radius 2 is 1.63 bits per heavy atom. The predicted octanol–water partition coefficient (Wildman–Crippen LogP) is 5.78. The van der Waals surface area contributed by atoms with Gasteiger partial charge in [-0.1, -0.05) is 58.1 Å². The number of amides is 1. The highest BCUT2D eigenvalue weighted by Gasteiger charge is 2.53. The van der Waals surface area contributed by atoms with E-state index >= 15 is 0 Å². The van der Waals surface area contributed by atoms with Crippen LogP contribution < -0.4 is 0 Å². The molecule has 0 aromatic heterocycles. The summed E-state index contributed by atoms with van der Waals surface area (Å²) in [6.07, 6.45) is 14.1. The number of carbonyl (C=O) groups is 4. The van der Waals surface area contributed by atoms with Gasteiger partial charge in [0.15, 0.2) is 0 Å². The number of aliphatic hydroxyl groups is 3. The number of esters is 1. The maximum absolute atomic E-state index is 14.1. The number of allylic oxidation sites excluding steroid dienone is 5. The lowest BCUT2D eigenvalue weighted by Gasteiger charge is -2.42. The number of methoxy groups -OCH3 is 1. The smallest absolute Gasteiger partial charge is 0.329 e. The van der Waals surface area contributed by atoms with Gasteiger partial charge in [0.25, 0.3) is 11.7 Å². The molecule has 1 amide bonds. The first kappa shape index (κ1) is 44.0. The number of hydrogen-bond donors (Lipinski definition) is 3. The Kier molecular flexibility index (Phi) is 16.7. The molecule has 3 N–H and O–H groups in total. The van der Waals surface area contributed by atoms with E-state index < -0.39 is 53.7 Å². The van der Waals surface area contributed by atoms with Crippen molar-refractivity contribution in [3.05, 3.63) is 36.0 Å². The SMILES string of the molecule is CO[C@H]1C[C@@H]2CC[C@@H](C)C(O)(O2)C(=O)C(=O)N2CCCCC2C(=O)OC([C@H](C)CC2CCC(O)CC2)CC(O)CC(=O)[C@H](C)C[C@H](C)/C=C/C=C/C=C1C. The molecule has 0 aromatic rings. The maximum Gasteiger partial charge on any atom is 0.329 e. The van der Waals surface area contributed by atoms with Crippen molar-refractivity contribution in [3.8, 4) is 0 Å². The van der Waals surface area contributed by atoms with Gasteiger partial charge >= 0.3 is 5.97 Å². The molecule has 3 heterocycles. The summed E-state index contributed by atoms with van der Waals surface area (Å²) in [6, 6.07) is -1.05. The lowest BCUT2D eigenvalue weighted by atomic mass is 9.79. The van der Waals surface area contributed by atoms with E-state index in [1.165, 1.54) is 4.90 Å². The summed E-state index contributed by atoms with van der Waals surface area (Å²) in [6.45, 7) is 9.68. The molecule has 2 saturated heterocycles. The number of fused-ring (bicyclic) bond motifs is 3. The molecule has 1 saturated carbocycles. The minimum atomic E-state index is -2.37. The Bertz CT molecular complexity index is 1370. The summed E-state index contributed by atoms with van der Waals surface area (Å²) in [5, 5.41) is 33.1. The number of rotatable bonds is 4. The van der Waals surface area contributed by atoms with E-state index in [-0.39, 0.29) is 61.6 Å². The Labute approximate surface area is 322 Å². The van der Waals surface area contributed by atoms with Crippen LogP contribution in [0.2, 0.25) is 0 Å². The fourth-order valence-electron chi connectivity index (χ4n) is 8.78. The third kappa shape index (κ3) is 11.9. The molecule has 11 heteroatoms. The molecule has 4 unspecified atom stereocenters. The second-order valence-corrected chi connectivity index (χ2v) is 16.9. The second kappa shape index (κ2) is 20.5. The number of Topliss-reactive ketones (excluding diaryl/α,β-unsaturated/α-hetero) is 2. The largest absolute Gasteiger partial charge is 0.460 e. The Morgan fingerprint density at radius 1 is 0.907 bits per heavy atom. The minimum Gasteiger partial charge on any atom is -0.460 e. The lowest BCUT2D eigenvalue weighted by Crippen LogP contribution is -2.61. The van der Waals surface area contributed by atoms with Crippen LogP contribution in [0, 0.1) is 29.6 Å². The maximum atomic E-state index is 14.1. The van der Waals surface area contributed by atoms with E-state index in [9.17, 15) is 34.5 Å². The van der Waals surface area contributed by atoms with Crippen LogP contribution in [-0.4, -0.2) is 99.7 Å². The third-order valence-corrected chi connectivity index (χ3v) is 12.4. The van der Waals surface area contributed by atoms with Crippen molar-refractivity contribution in [3.63, 3.8) is 0 Å². The quantitative estimate of drug-likeness (QED) is 0.237. The van der Waals surface area contributed by atoms with Crippen molar-refractivity contribution < 1.29 is 48.7 Å². The molecule has 1 aliphatic carbocycles. The molecule has 54 heavy (non-hydrogen) atoms. The van der Waals surface area contributed by atoms with Crippen molar-refractivity contribution >= 4 is 23.4 Å². The van der Waals surface area contributed by atoms with Crippen LogP contribution in [0.25, 0.3) is 0 Å². The number of piperidine rings is 1. The van der Waals surface area contributed by atoms with Gasteiger partial charge in [-0.05, 0) is 101 Å². The van der Waals surface area contributed by atoms with Crippen LogP contribution >= 0.6 is 0 Å². The van der Waals surface area contributed by atoms with Crippen molar-refractivity contribution in [1.82, 2.24) is 4.90 Å². The van der Waals surface area contributed by atoms with Crippen LogP contribution in [-0.2, 0) is 33.4 Å². The third-order valence-electron chi connectivity index (χ3n) is 12.4. The van der Waals surface area contributed by atoms with E-state index in [1.54, 1.807) is 14.0 Å². The highest BCUT2D eigenvalue weighted by atomic mass is 16.6. The summed E-state index contributed by atoms with van der Waals surface area (Å²) < 4.78 is 18.1. The van der Waals surface area contributed by atoms with E-state index in [2.05, 4.69) is 6.92 Å². The molecular formula is C43H67NO10. The van der Waals surface area contributed by atoms with E-state index in [1.807, 2.05) is 51.2 Å². The van der Waals surface area contributed by atoms with Crippen LogP contribution in [0.5, 0.6) is 0 Å². The van der Waals surface area contributed by atoms with Crippen molar-refractivity contribution in [2.75, 3.05) is 13.7 Å². The zero-order valence-corrected chi connectivity index (χ0v) is 33.5. The average molecular weight is 758 g/mol. The normalized spacial score (nSPS) is 39.3. The van der Waals surface area contributed by atoms with Gasteiger partial charge in [-0.15, -0.1) is 0 Å².